The van der Waals surface area contributed by atoms with Gasteiger partial charge in [0.1, 0.15) is 0 Å². The molecule has 2 aliphatic rings. The van der Waals surface area contributed by atoms with Gasteiger partial charge < -0.3 is 11.1 Å². The number of carbonyl (C=O) groups is 1. The van der Waals surface area contributed by atoms with Gasteiger partial charge in [0.25, 0.3) is 5.91 Å². The second kappa shape index (κ2) is 7.25. The zero-order valence-corrected chi connectivity index (χ0v) is 15.2. The van der Waals surface area contributed by atoms with E-state index in [0.717, 1.165) is 38.2 Å². The van der Waals surface area contributed by atoms with Crippen LogP contribution in [0, 0.1) is 5.92 Å². The minimum absolute atomic E-state index is 0.376. The molecule has 0 unspecified atom stereocenters. The Morgan fingerprint density at radius 1 is 1.32 bits per heavy atom. The third-order valence-electron chi connectivity index (χ3n) is 5.45. The van der Waals surface area contributed by atoms with Crippen LogP contribution in [0.2, 0.25) is 0 Å². The molecule has 0 bridgehead atoms. The van der Waals surface area contributed by atoms with E-state index in [1.807, 2.05) is 22.2 Å². The number of rotatable bonds is 6. The van der Waals surface area contributed by atoms with Crippen LogP contribution >= 0.6 is 11.3 Å². The van der Waals surface area contributed by atoms with Crippen LogP contribution in [0.15, 0.2) is 12.4 Å². The Labute approximate surface area is 151 Å². The molecule has 6 nitrogen and oxygen atoms in total. The van der Waals surface area contributed by atoms with Crippen LogP contribution in [0.5, 0.6) is 0 Å². The van der Waals surface area contributed by atoms with E-state index in [0.29, 0.717) is 17.4 Å². The molecule has 0 aromatic carbocycles. The number of amides is 1. The second-order valence-electron chi connectivity index (χ2n) is 7.23. The van der Waals surface area contributed by atoms with Gasteiger partial charge in [0.2, 0.25) is 0 Å². The zero-order valence-electron chi connectivity index (χ0n) is 14.4. The molecule has 3 N–H and O–H groups in total. The summed E-state index contributed by atoms with van der Waals surface area (Å²) in [6.07, 6.45) is 10.9. The first-order valence-corrected chi connectivity index (χ1v) is 10.0. The van der Waals surface area contributed by atoms with Crippen LogP contribution in [-0.4, -0.2) is 27.2 Å². The van der Waals surface area contributed by atoms with Crippen LogP contribution in [0.4, 0.5) is 0 Å². The number of hydrogen-bond donors (Lipinski definition) is 2. The number of hydrogen-bond acceptors (Lipinski definition) is 5. The fourth-order valence-corrected chi connectivity index (χ4v) is 5.10. The summed E-state index contributed by atoms with van der Waals surface area (Å²) < 4.78 is 1.92. The van der Waals surface area contributed by atoms with E-state index in [1.165, 1.54) is 35.6 Å². The molecule has 0 spiro atoms. The topological polar surface area (TPSA) is 85.8 Å². The van der Waals surface area contributed by atoms with Crippen LogP contribution < -0.4 is 11.1 Å². The second-order valence-corrected chi connectivity index (χ2v) is 8.38. The third kappa shape index (κ3) is 3.62. The highest BCUT2D eigenvalue weighted by molar-refractivity contribution is 7.11. The number of fused-ring (bicyclic) bond motifs is 1. The van der Waals surface area contributed by atoms with Gasteiger partial charge in [-0.05, 0) is 38.1 Å². The Morgan fingerprint density at radius 3 is 2.96 bits per heavy atom. The van der Waals surface area contributed by atoms with E-state index in [9.17, 15) is 4.79 Å². The normalized spacial score (nSPS) is 20.7. The summed E-state index contributed by atoms with van der Waals surface area (Å²) in [6, 6.07) is 0. The van der Waals surface area contributed by atoms with Gasteiger partial charge in [-0.1, -0.05) is 12.8 Å². The van der Waals surface area contributed by atoms with Gasteiger partial charge in [0.05, 0.1) is 22.5 Å². The molecule has 2 aromatic heterocycles. The highest BCUT2D eigenvalue weighted by atomic mass is 32.1. The van der Waals surface area contributed by atoms with Crippen molar-refractivity contribution in [3.05, 3.63) is 33.5 Å². The molecular weight excluding hydrogens is 334 g/mol. The largest absolute Gasteiger partial charge is 0.365 e. The van der Waals surface area contributed by atoms with Gasteiger partial charge in [-0.2, -0.15) is 5.10 Å². The van der Waals surface area contributed by atoms with Crippen LogP contribution in [0.1, 0.15) is 64.0 Å². The lowest BCUT2D eigenvalue weighted by molar-refractivity contribution is 0.0998. The minimum atomic E-state index is -0.376. The van der Waals surface area contributed by atoms with Crippen LogP contribution in [-0.2, 0) is 19.5 Å². The number of carbonyl (C=O) groups excluding carboxylic acids is 1. The molecule has 1 aliphatic carbocycles. The molecule has 0 saturated heterocycles. The average Bonchev–Trinajstić information content (AvgIpc) is 3.34. The standard InChI is InChI=1S/C18H25N5OS/c19-17(24)15-11-22-23-6-5-12(7-16(15)23)8-20-9-14-10-21-18(25-14)13-3-1-2-4-13/h10-13,20H,1-9H2,(H2,19,24)/t12-/m1/s1. The number of primary amides is 1. The van der Waals surface area contributed by atoms with Crippen molar-refractivity contribution >= 4 is 17.2 Å². The highest BCUT2D eigenvalue weighted by Gasteiger charge is 2.24. The molecule has 25 heavy (non-hydrogen) atoms. The van der Waals surface area contributed by atoms with E-state index in [-0.39, 0.29) is 5.91 Å². The molecule has 134 valence electrons. The molecule has 4 rings (SSSR count). The number of aromatic nitrogens is 3. The summed E-state index contributed by atoms with van der Waals surface area (Å²) in [6.45, 7) is 2.68. The molecule has 0 radical (unpaired) electrons. The summed E-state index contributed by atoms with van der Waals surface area (Å²) in [5.74, 6) is 0.841. The molecule has 3 heterocycles. The number of nitrogens with zero attached hydrogens (tertiary/aromatic N) is 3. The third-order valence-corrected chi connectivity index (χ3v) is 6.61. The van der Waals surface area contributed by atoms with Crippen molar-refractivity contribution in [3.63, 3.8) is 0 Å². The zero-order chi connectivity index (χ0) is 17.2. The molecule has 1 atom stereocenters. The Morgan fingerprint density at radius 2 is 2.16 bits per heavy atom. The lowest BCUT2D eigenvalue weighted by atomic mass is 9.94. The summed E-state index contributed by atoms with van der Waals surface area (Å²) in [4.78, 5) is 17.5. The summed E-state index contributed by atoms with van der Waals surface area (Å²) in [7, 11) is 0. The Balaban J connectivity index is 1.29. The monoisotopic (exact) mass is 359 g/mol. The quantitative estimate of drug-likeness (QED) is 0.829. The van der Waals surface area contributed by atoms with E-state index in [2.05, 4.69) is 15.4 Å². The van der Waals surface area contributed by atoms with Crippen molar-refractivity contribution in [2.75, 3.05) is 6.54 Å². The average molecular weight is 359 g/mol. The van der Waals surface area contributed by atoms with E-state index in [1.54, 1.807) is 6.20 Å². The van der Waals surface area contributed by atoms with Crippen molar-refractivity contribution in [1.29, 1.82) is 0 Å². The fraction of sp³-hybridized carbons (Fsp3) is 0.611. The predicted molar refractivity (Wildman–Crippen MR) is 97.6 cm³/mol. The lowest BCUT2D eigenvalue weighted by Crippen LogP contribution is -2.30. The Hall–Kier alpha value is -1.73. The van der Waals surface area contributed by atoms with Crippen molar-refractivity contribution in [1.82, 2.24) is 20.1 Å². The molecule has 1 saturated carbocycles. The van der Waals surface area contributed by atoms with E-state index >= 15 is 0 Å². The van der Waals surface area contributed by atoms with Gasteiger partial charge in [-0.15, -0.1) is 11.3 Å². The van der Waals surface area contributed by atoms with E-state index < -0.39 is 0 Å². The summed E-state index contributed by atoms with van der Waals surface area (Å²) >= 11 is 1.86. The SMILES string of the molecule is NC(=O)c1cnn2c1C[C@H](CNCc1cnc(C3CCCC3)s1)CC2. The maximum atomic E-state index is 11.5. The van der Waals surface area contributed by atoms with Gasteiger partial charge in [-0.3, -0.25) is 9.48 Å². The van der Waals surface area contributed by atoms with E-state index in [4.69, 9.17) is 5.73 Å². The van der Waals surface area contributed by atoms with Crippen molar-refractivity contribution in [2.45, 2.75) is 57.5 Å². The summed E-state index contributed by atoms with van der Waals surface area (Å²) in [5.41, 5.74) is 7.01. The fourth-order valence-electron chi connectivity index (χ4n) is 4.04. The number of nitrogens with one attached hydrogen (secondary N) is 1. The lowest BCUT2D eigenvalue weighted by Gasteiger charge is -2.24. The first kappa shape index (κ1) is 16.7. The molecular formula is C18H25N5OS. The minimum Gasteiger partial charge on any atom is -0.365 e. The maximum absolute atomic E-state index is 11.5. The van der Waals surface area contributed by atoms with Crippen molar-refractivity contribution < 1.29 is 4.79 Å². The van der Waals surface area contributed by atoms with Gasteiger partial charge >= 0.3 is 0 Å². The van der Waals surface area contributed by atoms with Crippen molar-refractivity contribution in [3.8, 4) is 0 Å². The smallest absolute Gasteiger partial charge is 0.252 e. The van der Waals surface area contributed by atoms with Gasteiger partial charge in [0, 0.05) is 30.1 Å². The van der Waals surface area contributed by atoms with Crippen molar-refractivity contribution in [2.24, 2.45) is 11.7 Å². The van der Waals surface area contributed by atoms with Crippen LogP contribution in [0.25, 0.3) is 0 Å². The van der Waals surface area contributed by atoms with Gasteiger partial charge in [-0.25, -0.2) is 4.98 Å². The highest BCUT2D eigenvalue weighted by Crippen LogP contribution is 2.36. The number of aryl methyl sites for hydroxylation is 1. The molecule has 7 heteroatoms. The molecule has 1 fully saturated rings. The number of nitrogens with two attached hydrogens (primary N) is 1. The maximum Gasteiger partial charge on any atom is 0.252 e. The molecule has 2 aromatic rings. The van der Waals surface area contributed by atoms with Gasteiger partial charge in [0.15, 0.2) is 0 Å². The van der Waals surface area contributed by atoms with Crippen LogP contribution in [0.3, 0.4) is 0 Å². The summed E-state index contributed by atoms with van der Waals surface area (Å²) in [5, 5.41) is 9.16. The predicted octanol–water partition coefficient (Wildman–Crippen LogP) is 2.45. The molecule has 1 aliphatic heterocycles. The Bertz CT molecular complexity index is 746. The first-order valence-electron chi connectivity index (χ1n) is 9.20. The first-order chi connectivity index (χ1) is 12.2. The Kier molecular flexibility index (Phi) is 4.85. The number of thiazole rings is 1. The molecule has 1 amide bonds.